The lowest BCUT2D eigenvalue weighted by molar-refractivity contribution is -0.440. The predicted octanol–water partition coefficient (Wildman–Crippen LogP) is 2.55. The fourth-order valence-electron chi connectivity index (χ4n) is 1.91. The largest absolute Gasteiger partial charge is 0.450 e. The summed E-state index contributed by atoms with van der Waals surface area (Å²) in [5, 5.41) is 37.5. The maximum absolute atomic E-state index is 11.6. The molecule has 2 N–H and O–H groups in total. The van der Waals surface area contributed by atoms with Gasteiger partial charge in [-0.05, 0) is 13.8 Å². The molecule has 146 valence electrons. The lowest BCUT2D eigenvalue weighted by Crippen LogP contribution is -2.20. The van der Waals surface area contributed by atoms with Crippen LogP contribution in [-0.2, 0) is 9.47 Å². The van der Waals surface area contributed by atoms with E-state index in [4.69, 9.17) is 0 Å². The molecule has 0 radical (unpaired) electrons. The van der Waals surface area contributed by atoms with Gasteiger partial charge in [0.25, 0.3) is 0 Å². The molecule has 0 fully saturated rings. The smallest absolute Gasteiger partial charge is 0.424 e. The van der Waals surface area contributed by atoms with Crippen molar-refractivity contribution < 1.29 is 33.8 Å². The number of amides is 2. The van der Waals surface area contributed by atoms with Crippen LogP contribution in [0.1, 0.15) is 13.8 Å². The van der Waals surface area contributed by atoms with Gasteiger partial charge >= 0.3 is 29.2 Å². The van der Waals surface area contributed by atoms with Gasteiger partial charge in [-0.3, -0.25) is 41.0 Å². The van der Waals surface area contributed by atoms with Crippen LogP contribution in [-0.4, -0.2) is 40.2 Å². The lowest BCUT2D eigenvalue weighted by atomic mass is 10.1. The number of benzene rings is 1. The Balaban J connectivity index is 3.78. The number of hydrogen-bond donors (Lipinski definition) is 2. The molecule has 0 atom stereocenters. The van der Waals surface area contributed by atoms with Crippen LogP contribution in [0.25, 0.3) is 0 Å². The van der Waals surface area contributed by atoms with Crippen molar-refractivity contribution in [2.75, 3.05) is 23.8 Å². The summed E-state index contributed by atoms with van der Waals surface area (Å²) in [5.74, 6) is 0. The fourth-order valence-corrected chi connectivity index (χ4v) is 1.91. The zero-order chi connectivity index (χ0) is 20.7. The van der Waals surface area contributed by atoms with Crippen LogP contribution in [0, 0.1) is 30.3 Å². The third kappa shape index (κ3) is 4.97. The predicted molar refractivity (Wildman–Crippen MR) is 87.7 cm³/mol. The van der Waals surface area contributed by atoms with Gasteiger partial charge in [-0.25, -0.2) is 9.59 Å². The van der Waals surface area contributed by atoms with Gasteiger partial charge in [-0.1, -0.05) is 0 Å². The molecule has 0 saturated carbocycles. The first-order valence-electron chi connectivity index (χ1n) is 7.15. The van der Waals surface area contributed by atoms with Crippen molar-refractivity contribution in [3.8, 4) is 0 Å². The Morgan fingerprint density at radius 2 is 1.37 bits per heavy atom. The topological polar surface area (TPSA) is 206 Å². The summed E-state index contributed by atoms with van der Waals surface area (Å²) >= 11 is 0. The molecule has 0 unspecified atom stereocenters. The van der Waals surface area contributed by atoms with Crippen LogP contribution in [0.15, 0.2) is 6.07 Å². The molecule has 0 aliphatic carbocycles. The average Bonchev–Trinajstić information content (AvgIpc) is 2.55. The maximum atomic E-state index is 11.6. The Morgan fingerprint density at radius 3 is 1.78 bits per heavy atom. The number of hydrogen-bond acceptors (Lipinski definition) is 10. The third-order valence-electron chi connectivity index (χ3n) is 2.83. The van der Waals surface area contributed by atoms with E-state index in [9.17, 15) is 39.9 Å². The van der Waals surface area contributed by atoms with Crippen molar-refractivity contribution in [1.29, 1.82) is 0 Å². The van der Waals surface area contributed by atoms with E-state index in [1.807, 2.05) is 10.6 Å². The standard InChI is InChI=1S/C12H13N5O10/c1-3-26-11(18)13-6-5-7(15(20)21)9(16(22)23)10(17(24)25)8(6)14-12(19)27-4-2/h5H,3-4H2,1-2H3,(H,13,18)(H,14,19). The highest BCUT2D eigenvalue weighted by molar-refractivity contribution is 6.02. The first kappa shape index (κ1) is 21.0. The minimum atomic E-state index is -1.48. The average molecular weight is 387 g/mol. The number of nitro benzene ring substituents is 3. The van der Waals surface area contributed by atoms with Gasteiger partial charge < -0.3 is 9.47 Å². The minimum absolute atomic E-state index is 0.108. The first-order valence-corrected chi connectivity index (χ1v) is 7.15. The van der Waals surface area contributed by atoms with Crippen LogP contribution in [0.3, 0.4) is 0 Å². The number of anilines is 2. The number of nitrogens with one attached hydrogen (secondary N) is 2. The third-order valence-corrected chi connectivity index (χ3v) is 2.83. The SMILES string of the molecule is CCOC(=O)Nc1cc([N+](=O)[O-])c([N+](=O)[O-])c([N+](=O)[O-])c1NC(=O)OCC. The number of carbonyl (C=O) groups is 2. The highest BCUT2D eigenvalue weighted by Crippen LogP contribution is 2.46. The normalized spacial score (nSPS) is 9.85. The summed E-state index contributed by atoms with van der Waals surface area (Å²) < 4.78 is 9.11. The van der Waals surface area contributed by atoms with Crippen molar-refractivity contribution in [1.82, 2.24) is 0 Å². The van der Waals surface area contributed by atoms with E-state index < -0.39 is 55.4 Å². The molecule has 0 aliphatic heterocycles. The molecule has 2 amide bonds. The Bertz CT molecular complexity index is 808. The van der Waals surface area contributed by atoms with Gasteiger partial charge in [0.05, 0.1) is 33.7 Å². The van der Waals surface area contributed by atoms with Crippen LogP contribution < -0.4 is 10.6 Å². The monoisotopic (exact) mass is 387 g/mol. The molecule has 1 aromatic carbocycles. The van der Waals surface area contributed by atoms with Gasteiger partial charge in [-0.15, -0.1) is 0 Å². The number of carbonyl (C=O) groups excluding carboxylic acids is 2. The van der Waals surface area contributed by atoms with Crippen molar-refractivity contribution in [3.63, 3.8) is 0 Å². The van der Waals surface area contributed by atoms with Crippen LogP contribution >= 0.6 is 0 Å². The van der Waals surface area contributed by atoms with Gasteiger partial charge in [0.1, 0.15) is 0 Å². The number of nitrogens with zero attached hydrogens (tertiary/aromatic N) is 3. The molecule has 0 saturated heterocycles. The van der Waals surface area contributed by atoms with E-state index in [-0.39, 0.29) is 13.2 Å². The Morgan fingerprint density at radius 1 is 0.889 bits per heavy atom. The molecule has 15 nitrogen and oxygen atoms in total. The highest BCUT2D eigenvalue weighted by atomic mass is 16.6. The van der Waals surface area contributed by atoms with Gasteiger partial charge in [0.15, 0.2) is 5.69 Å². The van der Waals surface area contributed by atoms with Gasteiger partial charge in [-0.2, -0.15) is 0 Å². The maximum Gasteiger partial charge on any atom is 0.424 e. The van der Waals surface area contributed by atoms with Crippen molar-refractivity contribution in [3.05, 3.63) is 36.4 Å². The van der Waals surface area contributed by atoms with E-state index in [1.165, 1.54) is 13.8 Å². The summed E-state index contributed by atoms with van der Waals surface area (Å²) in [6, 6.07) is 0.490. The molecule has 0 heterocycles. The molecule has 1 aromatic rings. The molecule has 1 rings (SSSR count). The molecule has 0 aliphatic rings. The van der Waals surface area contributed by atoms with Crippen LogP contribution in [0.4, 0.5) is 38.0 Å². The second-order valence-corrected chi connectivity index (χ2v) is 4.48. The zero-order valence-corrected chi connectivity index (χ0v) is 13.9. The van der Waals surface area contributed by atoms with Gasteiger partial charge in [0, 0.05) is 6.07 Å². The Labute approximate surface area is 149 Å². The van der Waals surface area contributed by atoms with E-state index in [0.29, 0.717) is 6.07 Å². The zero-order valence-electron chi connectivity index (χ0n) is 13.9. The molecule has 15 heteroatoms. The summed E-state index contributed by atoms with van der Waals surface area (Å²) in [4.78, 5) is 53.0. The fraction of sp³-hybridized carbons (Fsp3) is 0.333. The molecular formula is C12H13N5O10. The molecule has 0 bridgehead atoms. The van der Waals surface area contributed by atoms with Gasteiger partial charge in [0.2, 0.25) is 0 Å². The quantitative estimate of drug-likeness (QED) is 0.516. The molecule has 0 aromatic heterocycles. The molecule has 27 heavy (non-hydrogen) atoms. The van der Waals surface area contributed by atoms with Crippen molar-refractivity contribution in [2.45, 2.75) is 13.8 Å². The number of rotatable bonds is 7. The molecule has 0 spiro atoms. The van der Waals surface area contributed by atoms with Crippen LogP contribution in [0.5, 0.6) is 0 Å². The summed E-state index contributed by atoms with van der Waals surface area (Å²) in [7, 11) is 0. The summed E-state index contributed by atoms with van der Waals surface area (Å²) in [6.07, 6.45) is -2.41. The second-order valence-electron chi connectivity index (χ2n) is 4.48. The molecular weight excluding hydrogens is 374 g/mol. The number of nitro groups is 3. The Hall–Kier alpha value is -4.04. The van der Waals surface area contributed by atoms with Crippen LogP contribution in [0.2, 0.25) is 0 Å². The van der Waals surface area contributed by atoms with E-state index in [0.717, 1.165) is 0 Å². The van der Waals surface area contributed by atoms with E-state index in [2.05, 4.69) is 9.47 Å². The number of ether oxygens (including phenoxy) is 2. The Kier molecular flexibility index (Phi) is 6.91. The van der Waals surface area contributed by atoms with Crippen molar-refractivity contribution >= 4 is 40.6 Å². The lowest BCUT2D eigenvalue weighted by Gasteiger charge is -2.12. The highest BCUT2D eigenvalue weighted by Gasteiger charge is 2.42. The summed E-state index contributed by atoms with van der Waals surface area (Å²) in [5.41, 5.74) is -5.69. The van der Waals surface area contributed by atoms with E-state index in [1.54, 1.807) is 0 Å². The minimum Gasteiger partial charge on any atom is -0.450 e. The second kappa shape index (κ2) is 8.88. The first-order chi connectivity index (χ1) is 12.6. The summed E-state index contributed by atoms with van der Waals surface area (Å²) in [6.45, 7) is 2.61. The van der Waals surface area contributed by atoms with Crippen molar-refractivity contribution in [2.24, 2.45) is 0 Å². The van der Waals surface area contributed by atoms with E-state index >= 15 is 0 Å².